The second-order valence-corrected chi connectivity index (χ2v) is 2.50. The van der Waals surface area contributed by atoms with Gasteiger partial charge in [0.15, 0.2) is 0 Å². The molecule has 1 radical (unpaired) electrons. The summed E-state index contributed by atoms with van der Waals surface area (Å²) < 4.78 is 0. The summed E-state index contributed by atoms with van der Waals surface area (Å²) in [5.74, 6) is 0.922. The van der Waals surface area contributed by atoms with Crippen molar-refractivity contribution in [1.82, 2.24) is 0 Å². The Morgan fingerprint density at radius 2 is 2.12 bits per heavy atom. The highest BCUT2D eigenvalue weighted by atomic mass is 14.0. The summed E-state index contributed by atoms with van der Waals surface area (Å²) in [6.07, 6.45) is 6.22. The molecule has 0 aliphatic rings. The largest absolute Gasteiger partial charge is 0.0651 e. The molecule has 8 heavy (non-hydrogen) atoms. The highest BCUT2D eigenvalue weighted by Gasteiger charge is 1.94. The Balaban J connectivity index is 2.86. The molecule has 0 aromatic rings. The molecule has 0 heterocycles. The van der Waals surface area contributed by atoms with Gasteiger partial charge < -0.3 is 0 Å². The van der Waals surface area contributed by atoms with Gasteiger partial charge in [0.05, 0.1) is 0 Å². The first-order valence-corrected chi connectivity index (χ1v) is 3.59. The molecule has 1 unspecified atom stereocenters. The molecule has 0 nitrogen and oxygen atoms in total. The third kappa shape index (κ3) is 4.17. The molecular weight excluding hydrogens is 96.1 g/mol. The lowest BCUT2D eigenvalue weighted by molar-refractivity contribution is 0.514. The molecule has 0 aromatic carbocycles. The van der Waals surface area contributed by atoms with Gasteiger partial charge in [-0.3, -0.25) is 0 Å². The Kier molecular flexibility index (Phi) is 5.14. The highest BCUT2D eigenvalue weighted by molar-refractivity contribution is 4.58. The summed E-state index contributed by atoms with van der Waals surface area (Å²) in [4.78, 5) is 0. The van der Waals surface area contributed by atoms with Gasteiger partial charge in [0.25, 0.3) is 0 Å². The molecule has 0 rings (SSSR count). The number of hydrogen-bond acceptors (Lipinski definition) is 0. The molecule has 0 aliphatic carbocycles. The van der Waals surface area contributed by atoms with Crippen LogP contribution in [0.4, 0.5) is 0 Å². The minimum Gasteiger partial charge on any atom is -0.0651 e. The quantitative estimate of drug-likeness (QED) is 0.525. The first-order valence-electron chi connectivity index (χ1n) is 3.59. The molecule has 1 atom stereocenters. The molecule has 0 aliphatic heterocycles. The summed E-state index contributed by atoms with van der Waals surface area (Å²) in [6, 6.07) is 0. The summed E-state index contributed by atoms with van der Waals surface area (Å²) in [5, 5.41) is 0. The van der Waals surface area contributed by atoms with Crippen LogP contribution in [0.1, 0.15) is 40.0 Å². The molecule has 0 amide bonds. The Morgan fingerprint density at radius 3 is 2.50 bits per heavy atom. The van der Waals surface area contributed by atoms with E-state index in [1.807, 2.05) is 0 Å². The Hall–Kier alpha value is 0. The lowest BCUT2D eigenvalue weighted by Gasteiger charge is -2.04. The monoisotopic (exact) mass is 113 g/mol. The van der Waals surface area contributed by atoms with Crippen LogP contribution in [0.5, 0.6) is 0 Å². The fourth-order valence-electron chi connectivity index (χ4n) is 0.655. The molecule has 0 saturated carbocycles. The SMILES string of the molecule is C[CH]CCC(C)CC. The number of unbranched alkanes of at least 4 members (excludes halogenated alkanes) is 1. The van der Waals surface area contributed by atoms with Crippen LogP contribution in [0, 0.1) is 12.3 Å². The van der Waals surface area contributed by atoms with Crippen molar-refractivity contribution in [3.8, 4) is 0 Å². The Morgan fingerprint density at radius 1 is 1.50 bits per heavy atom. The van der Waals surface area contributed by atoms with Crippen molar-refractivity contribution in [3.05, 3.63) is 6.42 Å². The van der Waals surface area contributed by atoms with Crippen molar-refractivity contribution >= 4 is 0 Å². The summed E-state index contributed by atoms with van der Waals surface area (Å²) in [6.45, 7) is 6.69. The van der Waals surface area contributed by atoms with Crippen LogP contribution in [0.25, 0.3) is 0 Å². The molecule has 0 fully saturated rings. The second kappa shape index (κ2) is 5.14. The zero-order chi connectivity index (χ0) is 6.41. The average molecular weight is 113 g/mol. The standard InChI is InChI=1S/C8H17/c1-4-6-7-8(3)5-2/h4,8H,5-7H2,1-3H3. The number of rotatable bonds is 4. The smallest absolute Gasteiger partial charge is 0.0417 e. The lowest BCUT2D eigenvalue weighted by atomic mass is 10.0. The Labute approximate surface area is 53.3 Å². The van der Waals surface area contributed by atoms with Crippen molar-refractivity contribution in [2.75, 3.05) is 0 Å². The maximum atomic E-state index is 2.31. The zero-order valence-electron chi connectivity index (χ0n) is 6.28. The fraction of sp³-hybridized carbons (Fsp3) is 0.875. The van der Waals surface area contributed by atoms with E-state index in [2.05, 4.69) is 27.2 Å². The molecule has 49 valence electrons. The molecule has 0 spiro atoms. The van der Waals surface area contributed by atoms with Gasteiger partial charge >= 0.3 is 0 Å². The van der Waals surface area contributed by atoms with Gasteiger partial charge in [-0.15, -0.1) is 0 Å². The minimum absolute atomic E-state index is 0.922. The predicted molar refractivity (Wildman–Crippen MR) is 38.7 cm³/mol. The van der Waals surface area contributed by atoms with Crippen molar-refractivity contribution in [3.63, 3.8) is 0 Å². The van der Waals surface area contributed by atoms with E-state index >= 15 is 0 Å². The van der Waals surface area contributed by atoms with Crippen LogP contribution in [-0.4, -0.2) is 0 Å². The van der Waals surface area contributed by atoms with Gasteiger partial charge in [-0.05, 0) is 12.3 Å². The molecule has 0 aromatic heterocycles. The van der Waals surface area contributed by atoms with Crippen LogP contribution in [-0.2, 0) is 0 Å². The van der Waals surface area contributed by atoms with Gasteiger partial charge in [-0.1, -0.05) is 40.0 Å². The molecule has 0 saturated heterocycles. The highest BCUT2D eigenvalue weighted by Crippen LogP contribution is 2.09. The van der Waals surface area contributed by atoms with Gasteiger partial charge in [-0.25, -0.2) is 0 Å². The van der Waals surface area contributed by atoms with E-state index in [9.17, 15) is 0 Å². The molecule has 0 heteroatoms. The van der Waals surface area contributed by atoms with Crippen molar-refractivity contribution in [2.24, 2.45) is 5.92 Å². The topological polar surface area (TPSA) is 0 Å². The number of hydrogen-bond donors (Lipinski definition) is 0. The van der Waals surface area contributed by atoms with Crippen LogP contribution in [0.3, 0.4) is 0 Å². The maximum Gasteiger partial charge on any atom is -0.0417 e. The predicted octanol–water partition coefficient (Wildman–Crippen LogP) is 3.04. The van der Waals surface area contributed by atoms with E-state index < -0.39 is 0 Å². The van der Waals surface area contributed by atoms with Gasteiger partial charge in [0.2, 0.25) is 0 Å². The third-order valence-corrected chi connectivity index (χ3v) is 1.65. The van der Waals surface area contributed by atoms with Crippen LogP contribution < -0.4 is 0 Å². The summed E-state index contributed by atoms with van der Waals surface area (Å²) >= 11 is 0. The first-order chi connectivity index (χ1) is 3.81. The van der Waals surface area contributed by atoms with E-state index in [0.717, 1.165) is 5.92 Å². The minimum atomic E-state index is 0.922. The van der Waals surface area contributed by atoms with Crippen LogP contribution in [0.2, 0.25) is 0 Å². The van der Waals surface area contributed by atoms with Crippen molar-refractivity contribution in [2.45, 2.75) is 40.0 Å². The average Bonchev–Trinajstić information content (AvgIpc) is 1.83. The van der Waals surface area contributed by atoms with Crippen LogP contribution >= 0.6 is 0 Å². The van der Waals surface area contributed by atoms with Crippen molar-refractivity contribution in [1.29, 1.82) is 0 Å². The van der Waals surface area contributed by atoms with E-state index in [1.165, 1.54) is 19.3 Å². The molecule has 0 bridgehead atoms. The molecular formula is C8H17. The fourth-order valence-corrected chi connectivity index (χ4v) is 0.655. The molecule has 0 N–H and O–H groups in total. The van der Waals surface area contributed by atoms with E-state index in [0.29, 0.717) is 0 Å². The zero-order valence-corrected chi connectivity index (χ0v) is 6.28. The van der Waals surface area contributed by atoms with Crippen molar-refractivity contribution < 1.29 is 0 Å². The second-order valence-electron chi connectivity index (χ2n) is 2.50. The maximum absolute atomic E-state index is 2.31. The normalized spacial score (nSPS) is 13.9. The van der Waals surface area contributed by atoms with E-state index in [-0.39, 0.29) is 0 Å². The van der Waals surface area contributed by atoms with Gasteiger partial charge in [0.1, 0.15) is 0 Å². The summed E-state index contributed by atoms with van der Waals surface area (Å²) in [7, 11) is 0. The third-order valence-electron chi connectivity index (χ3n) is 1.65. The van der Waals surface area contributed by atoms with E-state index in [1.54, 1.807) is 0 Å². The lowest BCUT2D eigenvalue weighted by Crippen LogP contribution is -1.90. The van der Waals surface area contributed by atoms with Crippen LogP contribution in [0.15, 0.2) is 0 Å². The first kappa shape index (κ1) is 8.00. The summed E-state index contributed by atoms with van der Waals surface area (Å²) in [5.41, 5.74) is 0. The van der Waals surface area contributed by atoms with E-state index in [4.69, 9.17) is 0 Å². The van der Waals surface area contributed by atoms with Gasteiger partial charge in [-0.2, -0.15) is 0 Å². The van der Waals surface area contributed by atoms with Gasteiger partial charge in [0, 0.05) is 0 Å². The Bertz CT molecular complexity index is 39.3.